The quantitative estimate of drug-likeness (QED) is 0.126. The fraction of sp³-hybridized carbons (Fsp3) is 0.800. The third-order valence-corrected chi connectivity index (χ3v) is 11.2. The fourth-order valence-electron chi connectivity index (χ4n) is 4.87. The molecule has 186 valence electrons. The molecule has 1 N–H and O–H groups in total. The predicted octanol–water partition coefficient (Wildman–Crippen LogP) is 11.1. The van der Waals surface area contributed by atoms with Crippen molar-refractivity contribution in [2.24, 2.45) is 0 Å². The number of hydrogen-bond donors (Lipinski definition) is 1. The number of rotatable bonds is 23. The SMILES string of the molecule is CCCCCCCC[P+](CCCCCCCC)(CCCCCCCC)Nc1ccccc1. The zero-order chi connectivity index (χ0) is 23.2. The first-order valence-electron chi connectivity index (χ1n) is 14.5. The first-order chi connectivity index (χ1) is 15.8. The maximum absolute atomic E-state index is 4.21. The molecule has 0 spiro atoms. The summed E-state index contributed by atoms with van der Waals surface area (Å²) in [5.41, 5.74) is 1.38. The minimum atomic E-state index is -1.13. The second-order valence-electron chi connectivity index (χ2n) is 10.1. The van der Waals surface area contributed by atoms with E-state index in [0.717, 1.165) is 0 Å². The number of anilines is 1. The fourth-order valence-corrected chi connectivity index (χ4v) is 9.06. The Balaban J connectivity index is 2.70. The third kappa shape index (κ3) is 15.3. The molecule has 0 aliphatic heterocycles. The lowest BCUT2D eigenvalue weighted by Gasteiger charge is -2.29. The normalized spacial score (nSPS) is 11.7. The lowest BCUT2D eigenvalue weighted by molar-refractivity contribution is 0.616. The van der Waals surface area contributed by atoms with Gasteiger partial charge < -0.3 is 0 Å². The summed E-state index contributed by atoms with van der Waals surface area (Å²) in [6, 6.07) is 11.2. The molecule has 0 aliphatic rings. The van der Waals surface area contributed by atoms with Crippen LogP contribution < -0.4 is 5.09 Å². The molecule has 0 bridgehead atoms. The van der Waals surface area contributed by atoms with Crippen molar-refractivity contribution in [1.82, 2.24) is 0 Å². The molecule has 0 aliphatic carbocycles. The van der Waals surface area contributed by atoms with Crippen LogP contribution in [0.4, 0.5) is 5.69 Å². The molecular weight excluding hydrogens is 405 g/mol. The number of benzene rings is 1. The zero-order valence-electron chi connectivity index (χ0n) is 22.2. The van der Waals surface area contributed by atoms with Crippen molar-refractivity contribution in [1.29, 1.82) is 0 Å². The van der Waals surface area contributed by atoms with E-state index < -0.39 is 7.41 Å². The molecule has 32 heavy (non-hydrogen) atoms. The van der Waals surface area contributed by atoms with E-state index in [4.69, 9.17) is 0 Å². The minimum absolute atomic E-state index is 1.13. The van der Waals surface area contributed by atoms with Crippen LogP contribution in [-0.4, -0.2) is 18.5 Å². The summed E-state index contributed by atoms with van der Waals surface area (Å²) in [6.45, 7) is 6.96. The molecule has 1 rings (SSSR count). The molecule has 0 saturated carbocycles. The summed E-state index contributed by atoms with van der Waals surface area (Å²) < 4.78 is 0. The second kappa shape index (κ2) is 21.0. The molecule has 0 aromatic heterocycles. The van der Waals surface area contributed by atoms with Gasteiger partial charge in [0, 0.05) is 0 Å². The van der Waals surface area contributed by atoms with Gasteiger partial charge in [-0.15, -0.1) is 0 Å². The Labute approximate surface area is 203 Å². The summed E-state index contributed by atoms with van der Waals surface area (Å²) >= 11 is 0. The highest BCUT2D eigenvalue weighted by Gasteiger charge is 2.36. The van der Waals surface area contributed by atoms with Gasteiger partial charge in [-0.05, 0) is 50.7 Å². The number of para-hydroxylation sites is 1. The summed E-state index contributed by atoms with van der Waals surface area (Å²) in [6.07, 6.45) is 29.9. The van der Waals surface area contributed by atoms with E-state index in [0.29, 0.717) is 0 Å². The van der Waals surface area contributed by atoms with Gasteiger partial charge in [0.1, 0.15) is 7.41 Å². The van der Waals surface area contributed by atoms with Crippen LogP contribution in [0.5, 0.6) is 0 Å². The summed E-state index contributed by atoms with van der Waals surface area (Å²) in [5, 5.41) is 4.21. The van der Waals surface area contributed by atoms with Crippen molar-refractivity contribution in [2.75, 3.05) is 23.6 Å². The second-order valence-corrected chi connectivity index (χ2v) is 14.0. The van der Waals surface area contributed by atoms with Crippen LogP contribution in [0.1, 0.15) is 136 Å². The molecule has 1 aromatic rings. The minimum Gasteiger partial charge on any atom is -0.261 e. The van der Waals surface area contributed by atoms with Crippen LogP contribution in [0, 0.1) is 0 Å². The average molecular weight is 463 g/mol. The van der Waals surface area contributed by atoms with Crippen LogP contribution in [0.15, 0.2) is 30.3 Å². The maximum atomic E-state index is 4.21. The molecule has 0 unspecified atom stereocenters. The van der Waals surface area contributed by atoms with Crippen LogP contribution in [0.2, 0.25) is 0 Å². The third-order valence-electron chi connectivity index (χ3n) is 6.96. The Bertz CT molecular complexity index is 460. The smallest absolute Gasteiger partial charge is 0.102 e. The topological polar surface area (TPSA) is 12.0 Å². The molecular formula is C30H57NP+. The van der Waals surface area contributed by atoms with E-state index in [1.807, 2.05) is 0 Å². The largest absolute Gasteiger partial charge is 0.261 e. The van der Waals surface area contributed by atoms with Gasteiger partial charge in [-0.2, -0.15) is 0 Å². The molecule has 0 radical (unpaired) electrons. The Morgan fingerprint density at radius 1 is 0.469 bits per heavy atom. The van der Waals surface area contributed by atoms with Gasteiger partial charge in [-0.25, -0.2) is 0 Å². The van der Waals surface area contributed by atoms with Crippen LogP contribution in [0.25, 0.3) is 0 Å². The first-order valence-corrected chi connectivity index (χ1v) is 16.8. The van der Waals surface area contributed by atoms with E-state index in [9.17, 15) is 0 Å². The van der Waals surface area contributed by atoms with Crippen LogP contribution in [0.3, 0.4) is 0 Å². The van der Waals surface area contributed by atoms with Crippen molar-refractivity contribution in [3.05, 3.63) is 30.3 Å². The van der Waals surface area contributed by atoms with E-state index >= 15 is 0 Å². The van der Waals surface area contributed by atoms with Crippen LogP contribution in [-0.2, 0) is 0 Å². The molecule has 1 nitrogen and oxygen atoms in total. The van der Waals surface area contributed by atoms with Gasteiger partial charge in [0.25, 0.3) is 0 Å². The van der Waals surface area contributed by atoms with Gasteiger partial charge in [0.2, 0.25) is 0 Å². The van der Waals surface area contributed by atoms with Crippen molar-refractivity contribution in [3.63, 3.8) is 0 Å². The van der Waals surface area contributed by atoms with Crippen LogP contribution >= 0.6 is 7.41 Å². The monoisotopic (exact) mass is 462 g/mol. The van der Waals surface area contributed by atoms with Gasteiger partial charge in [-0.1, -0.05) is 116 Å². The Morgan fingerprint density at radius 3 is 1.19 bits per heavy atom. The summed E-state index contributed by atoms with van der Waals surface area (Å²) in [7, 11) is -1.13. The Hall–Kier alpha value is -0.550. The molecule has 0 amide bonds. The molecule has 2 heteroatoms. The number of hydrogen-bond acceptors (Lipinski definition) is 1. The number of nitrogens with one attached hydrogen (secondary N) is 1. The van der Waals surface area contributed by atoms with Crippen molar-refractivity contribution >= 4 is 13.1 Å². The van der Waals surface area contributed by atoms with Crippen molar-refractivity contribution < 1.29 is 0 Å². The standard InChI is InChI=1S/C30H57NP/c1-4-7-10-13-16-22-27-32(28-23-17-14-11-8-5-2,29-24-18-15-12-9-6-3)31-30-25-20-19-21-26-30/h19-21,25-26,31H,4-18,22-24,27-29H2,1-3H3/q+1. The Kier molecular flexibility index (Phi) is 19.4. The van der Waals surface area contributed by atoms with Gasteiger partial charge >= 0.3 is 0 Å². The molecule has 0 fully saturated rings. The highest BCUT2D eigenvalue weighted by Crippen LogP contribution is 2.60. The van der Waals surface area contributed by atoms with E-state index in [1.54, 1.807) is 0 Å². The molecule has 0 atom stereocenters. The molecule has 1 aromatic carbocycles. The lowest BCUT2D eigenvalue weighted by atomic mass is 10.1. The maximum Gasteiger partial charge on any atom is 0.102 e. The lowest BCUT2D eigenvalue weighted by Crippen LogP contribution is -2.17. The summed E-state index contributed by atoms with van der Waals surface area (Å²) in [5.74, 6) is 0. The first kappa shape index (κ1) is 29.5. The van der Waals surface area contributed by atoms with Gasteiger partial charge in [0.15, 0.2) is 0 Å². The average Bonchev–Trinajstić information content (AvgIpc) is 2.81. The van der Waals surface area contributed by atoms with Gasteiger partial charge in [-0.3, -0.25) is 5.09 Å². The van der Waals surface area contributed by atoms with E-state index in [-0.39, 0.29) is 0 Å². The van der Waals surface area contributed by atoms with Crippen molar-refractivity contribution in [2.45, 2.75) is 136 Å². The van der Waals surface area contributed by atoms with E-state index in [1.165, 1.54) is 140 Å². The van der Waals surface area contributed by atoms with E-state index in [2.05, 4.69) is 56.2 Å². The highest BCUT2D eigenvalue weighted by atomic mass is 31.2. The van der Waals surface area contributed by atoms with Gasteiger partial charge in [0.05, 0.1) is 24.2 Å². The Morgan fingerprint density at radius 2 is 0.812 bits per heavy atom. The molecule has 0 heterocycles. The zero-order valence-corrected chi connectivity index (χ0v) is 23.1. The van der Waals surface area contributed by atoms with Crippen molar-refractivity contribution in [3.8, 4) is 0 Å². The number of unbranched alkanes of at least 4 members (excludes halogenated alkanes) is 15. The molecule has 0 saturated heterocycles. The predicted molar refractivity (Wildman–Crippen MR) is 152 cm³/mol. The highest BCUT2D eigenvalue weighted by molar-refractivity contribution is 7.77. The summed E-state index contributed by atoms with van der Waals surface area (Å²) in [4.78, 5) is 0.